The lowest BCUT2D eigenvalue weighted by Gasteiger charge is -2.18. The molecule has 1 N–H and O–H groups in total. The molecule has 1 atom stereocenters. The zero-order valence-corrected chi connectivity index (χ0v) is 14.5. The molecule has 0 radical (unpaired) electrons. The number of carbonyl (C=O) groups is 1. The van der Waals surface area contributed by atoms with E-state index in [1.54, 1.807) is 0 Å². The van der Waals surface area contributed by atoms with Crippen LogP contribution in [0.5, 0.6) is 0 Å². The first-order chi connectivity index (χ1) is 14.5. The van der Waals surface area contributed by atoms with Crippen molar-refractivity contribution in [2.75, 3.05) is 18.8 Å². The van der Waals surface area contributed by atoms with Crippen LogP contribution < -0.4 is 5.32 Å². The Bertz CT molecular complexity index is 1050. The predicted octanol–water partition coefficient (Wildman–Crippen LogP) is 3.43. The van der Waals surface area contributed by atoms with Crippen LogP contribution in [0.4, 0.5) is 24.1 Å². The van der Waals surface area contributed by atoms with Gasteiger partial charge in [0.15, 0.2) is 0 Å². The third-order valence-corrected chi connectivity index (χ3v) is 5.23. The molecule has 1 amide bonds. The van der Waals surface area contributed by atoms with Crippen LogP contribution in [0.1, 0.15) is 43.5 Å². The van der Waals surface area contributed by atoms with Gasteiger partial charge in [0.25, 0.3) is 0 Å². The average molecular weight is 391 g/mol. The number of hydrogen-bond acceptors (Lipinski definition) is 6. The van der Waals surface area contributed by atoms with Gasteiger partial charge in [0.1, 0.15) is 10.0 Å². The summed E-state index contributed by atoms with van der Waals surface area (Å²) in [6, 6.07) is 0. The van der Waals surface area contributed by atoms with Crippen molar-refractivity contribution in [2.24, 2.45) is 0 Å². The molecule has 2 aromatic heterocycles. The van der Waals surface area contributed by atoms with Crippen molar-refractivity contribution in [1.29, 1.82) is 0 Å². The van der Waals surface area contributed by atoms with Gasteiger partial charge in [-0.05, 0) is 27.1 Å². The second kappa shape index (κ2) is 6.19. The fraction of sp³-hybridized carbons (Fsp3) is 0.500. The lowest BCUT2D eigenvalue weighted by atomic mass is 9.90. The lowest BCUT2D eigenvalue weighted by Crippen LogP contribution is -2.33. The molecule has 3 heterocycles. The van der Waals surface area contributed by atoms with E-state index in [9.17, 15) is 18.0 Å². The summed E-state index contributed by atoms with van der Waals surface area (Å²) >= 11 is 0.794. The second-order valence-corrected chi connectivity index (χ2v) is 6.86. The monoisotopic (exact) mass is 391 g/mol. The maximum absolute atomic E-state index is 13.0. The van der Waals surface area contributed by atoms with Gasteiger partial charge >= 0.3 is 6.18 Å². The summed E-state index contributed by atoms with van der Waals surface area (Å²) in [7, 11) is 0. The standard InChI is InChI=1S/C16H18F3N5OS/c1-8-10(16(17,18)19)7-20-14(22-8)23-11-9(2)21-12(26-11)15(3)5-6-24(4)13(15)25/h7H,5-6H2,1-4H3,(H,20,22,23)/i3D3,4D3. The highest BCUT2D eigenvalue weighted by Crippen LogP contribution is 2.40. The van der Waals surface area contributed by atoms with Gasteiger partial charge in [0.05, 0.1) is 22.4 Å². The molecule has 6 nitrogen and oxygen atoms in total. The highest BCUT2D eigenvalue weighted by atomic mass is 32.1. The number of nitrogens with one attached hydrogen (secondary N) is 1. The minimum Gasteiger partial charge on any atom is -0.345 e. The highest BCUT2D eigenvalue weighted by molar-refractivity contribution is 7.16. The SMILES string of the molecule is [2H]C([2H])([2H])N1CCC(c2nc(C)c(Nc3ncc(C(F)(F)F)c(C)n3)s2)(C([2H])([2H])[2H])C1=O. The number of hydrogen-bond donors (Lipinski definition) is 1. The molecule has 1 fully saturated rings. The molecule has 0 spiro atoms. The zero-order valence-electron chi connectivity index (χ0n) is 19.7. The highest BCUT2D eigenvalue weighted by Gasteiger charge is 2.45. The van der Waals surface area contributed by atoms with Crippen LogP contribution in [0.15, 0.2) is 6.20 Å². The molecule has 1 unspecified atom stereocenters. The molecular weight excluding hydrogens is 367 g/mol. The van der Waals surface area contributed by atoms with Crippen molar-refractivity contribution in [3.05, 3.63) is 28.2 Å². The molecule has 140 valence electrons. The second-order valence-electron chi connectivity index (χ2n) is 5.86. The first-order valence-corrected chi connectivity index (χ1v) is 8.28. The summed E-state index contributed by atoms with van der Waals surface area (Å²) < 4.78 is 85.2. The normalized spacial score (nSPS) is 25.1. The molecule has 3 rings (SSSR count). The summed E-state index contributed by atoms with van der Waals surface area (Å²) in [5, 5.41) is 2.82. The van der Waals surface area contributed by atoms with Crippen molar-refractivity contribution in [1.82, 2.24) is 19.9 Å². The number of halogens is 3. The third-order valence-electron chi connectivity index (χ3n) is 3.99. The maximum atomic E-state index is 13.0. The number of alkyl halides is 3. The number of likely N-dealkylation sites (N-methyl/N-ethyl adjacent to an activating group) is 1. The molecule has 0 aliphatic carbocycles. The van der Waals surface area contributed by atoms with Gasteiger partial charge in [-0.15, -0.1) is 0 Å². The number of likely N-dealkylation sites (tertiary alicyclic amines) is 1. The van der Waals surface area contributed by atoms with E-state index >= 15 is 0 Å². The van der Waals surface area contributed by atoms with E-state index in [-0.39, 0.29) is 40.3 Å². The Hall–Kier alpha value is -2.23. The van der Waals surface area contributed by atoms with Gasteiger partial charge < -0.3 is 10.2 Å². The van der Waals surface area contributed by atoms with Crippen LogP contribution >= 0.6 is 11.3 Å². The summed E-state index contributed by atoms with van der Waals surface area (Å²) in [6.45, 7) is -3.29. The third kappa shape index (κ3) is 3.13. The van der Waals surface area contributed by atoms with Crippen molar-refractivity contribution in [3.8, 4) is 0 Å². The summed E-state index contributed by atoms with van der Waals surface area (Å²) in [5.74, 6) is -1.24. The van der Waals surface area contributed by atoms with Crippen LogP contribution in [0.3, 0.4) is 0 Å². The molecule has 2 aromatic rings. The Balaban J connectivity index is 1.99. The van der Waals surface area contributed by atoms with Crippen molar-refractivity contribution in [2.45, 2.75) is 38.7 Å². The minimum absolute atomic E-state index is 0.113. The number of aryl methyl sites for hydroxylation is 2. The molecule has 0 saturated carbocycles. The predicted molar refractivity (Wildman–Crippen MR) is 91.5 cm³/mol. The maximum Gasteiger partial charge on any atom is 0.419 e. The van der Waals surface area contributed by atoms with Crippen LogP contribution in [0.25, 0.3) is 0 Å². The number of rotatable bonds is 3. The Labute approximate surface area is 160 Å². The molecule has 1 aliphatic heterocycles. The topological polar surface area (TPSA) is 71.0 Å². The lowest BCUT2D eigenvalue weighted by molar-refractivity contribution is -0.138. The smallest absolute Gasteiger partial charge is 0.345 e. The quantitative estimate of drug-likeness (QED) is 0.868. The van der Waals surface area contributed by atoms with Gasteiger partial charge in [-0.2, -0.15) is 13.2 Å². The van der Waals surface area contributed by atoms with E-state index in [4.69, 9.17) is 8.22 Å². The molecule has 26 heavy (non-hydrogen) atoms. The minimum atomic E-state index is -4.61. The Morgan fingerprint density at radius 2 is 2.12 bits per heavy atom. The largest absolute Gasteiger partial charge is 0.419 e. The Morgan fingerprint density at radius 3 is 2.69 bits per heavy atom. The fourth-order valence-electron chi connectivity index (χ4n) is 2.52. The van der Waals surface area contributed by atoms with Gasteiger partial charge in [-0.3, -0.25) is 4.79 Å². The van der Waals surface area contributed by atoms with E-state index in [1.165, 1.54) is 13.8 Å². The van der Waals surface area contributed by atoms with E-state index in [2.05, 4.69) is 20.3 Å². The van der Waals surface area contributed by atoms with Gasteiger partial charge in [-0.25, -0.2) is 15.0 Å². The summed E-state index contributed by atoms with van der Waals surface area (Å²) in [6.07, 6.45) is -4.26. The molecule has 0 bridgehead atoms. The van der Waals surface area contributed by atoms with E-state index in [0.717, 1.165) is 11.3 Å². The summed E-state index contributed by atoms with van der Waals surface area (Å²) in [5.41, 5.74) is -3.19. The van der Waals surface area contributed by atoms with Crippen molar-refractivity contribution >= 4 is 28.2 Å². The first-order valence-electron chi connectivity index (χ1n) is 10.5. The fourth-order valence-corrected chi connectivity index (χ4v) is 3.59. The molecule has 0 aromatic carbocycles. The number of anilines is 2. The van der Waals surface area contributed by atoms with Gasteiger partial charge in [-0.1, -0.05) is 11.3 Å². The number of nitrogens with zero attached hydrogens (tertiary/aromatic N) is 4. The van der Waals surface area contributed by atoms with E-state index in [1.807, 2.05) is 0 Å². The van der Waals surface area contributed by atoms with Crippen molar-refractivity contribution < 1.29 is 26.2 Å². The zero-order chi connectivity index (χ0) is 24.3. The van der Waals surface area contributed by atoms with Crippen molar-refractivity contribution in [3.63, 3.8) is 0 Å². The summed E-state index contributed by atoms with van der Waals surface area (Å²) in [4.78, 5) is 25.2. The van der Waals surface area contributed by atoms with Crippen LogP contribution in [-0.4, -0.2) is 39.3 Å². The van der Waals surface area contributed by atoms with Crippen LogP contribution in [-0.2, 0) is 16.4 Å². The number of thiazole rings is 1. The van der Waals surface area contributed by atoms with Crippen LogP contribution in [0.2, 0.25) is 0 Å². The molecule has 1 saturated heterocycles. The van der Waals surface area contributed by atoms with Gasteiger partial charge in [0.2, 0.25) is 11.9 Å². The first kappa shape index (κ1) is 12.2. The number of aromatic nitrogens is 3. The number of amides is 1. The Kier molecular flexibility index (Phi) is 2.90. The molecular formula is C16H18F3N5OS. The average Bonchev–Trinajstić information content (AvgIpc) is 3.14. The number of carbonyl (C=O) groups excluding carboxylic acids is 1. The van der Waals surface area contributed by atoms with Gasteiger partial charge in [0, 0.05) is 27.9 Å². The Morgan fingerprint density at radius 1 is 1.35 bits per heavy atom. The van der Waals surface area contributed by atoms with E-state index in [0.29, 0.717) is 11.1 Å². The van der Waals surface area contributed by atoms with E-state index < -0.39 is 36.9 Å². The van der Waals surface area contributed by atoms with Crippen LogP contribution in [0, 0.1) is 13.8 Å². The molecule has 10 heteroatoms. The molecule has 1 aliphatic rings.